The molecule has 2 aromatic heterocycles. The van der Waals surface area contributed by atoms with Crippen molar-refractivity contribution in [1.29, 1.82) is 0 Å². The zero-order chi connectivity index (χ0) is 17.1. The summed E-state index contributed by atoms with van der Waals surface area (Å²) in [5, 5.41) is 4.06. The van der Waals surface area contributed by atoms with Crippen LogP contribution in [0.3, 0.4) is 0 Å². The molecule has 0 atom stereocenters. The molecule has 2 N–H and O–H groups in total. The Hall–Kier alpha value is -2.93. The molecule has 0 aliphatic carbocycles. The average Bonchev–Trinajstić information content (AvgIpc) is 2.67. The summed E-state index contributed by atoms with van der Waals surface area (Å²) >= 11 is 0. The van der Waals surface area contributed by atoms with Gasteiger partial charge in [-0.1, -0.05) is 12.1 Å². The minimum Gasteiger partial charge on any atom is -0.378 e. The number of pyridine rings is 1. The van der Waals surface area contributed by atoms with Gasteiger partial charge in [-0.2, -0.15) is 4.98 Å². The van der Waals surface area contributed by atoms with E-state index >= 15 is 0 Å². The van der Waals surface area contributed by atoms with E-state index in [4.69, 9.17) is 4.74 Å². The Bertz CT molecular complexity index is 934. The molecule has 0 saturated carbocycles. The molecule has 0 unspecified atom stereocenters. The molecule has 1 fully saturated rings. The van der Waals surface area contributed by atoms with Crippen LogP contribution in [-0.4, -0.2) is 41.3 Å². The zero-order valence-electron chi connectivity index (χ0n) is 13.7. The van der Waals surface area contributed by atoms with Crippen LogP contribution in [0.5, 0.6) is 0 Å². The van der Waals surface area contributed by atoms with Gasteiger partial charge in [0.05, 0.1) is 18.6 Å². The molecule has 3 aromatic rings. The molecule has 3 heterocycles. The molecule has 128 valence electrons. The van der Waals surface area contributed by atoms with E-state index in [9.17, 15) is 4.79 Å². The third kappa shape index (κ3) is 3.46. The molecular formula is C18H19N5O2. The lowest BCUT2D eigenvalue weighted by molar-refractivity contribution is 0.122. The minimum absolute atomic E-state index is 0.407. The molecule has 1 aliphatic rings. The van der Waals surface area contributed by atoms with Gasteiger partial charge in [0.15, 0.2) is 0 Å². The maximum Gasteiger partial charge on any atom is 0.348 e. The minimum atomic E-state index is -0.407. The van der Waals surface area contributed by atoms with Gasteiger partial charge in [0.2, 0.25) is 0 Å². The van der Waals surface area contributed by atoms with Gasteiger partial charge in [0.1, 0.15) is 11.5 Å². The van der Waals surface area contributed by atoms with Crippen LogP contribution < -0.4 is 15.9 Å². The van der Waals surface area contributed by atoms with Crippen LogP contribution in [0.2, 0.25) is 0 Å². The first-order chi connectivity index (χ1) is 12.3. The van der Waals surface area contributed by atoms with Gasteiger partial charge in [0.25, 0.3) is 0 Å². The Kier molecular flexibility index (Phi) is 4.30. The summed E-state index contributed by atoms with van der Waals surface area (Å²) < 4.78 is 5.41. The first kappa shape index (κ1) is 15.6. The summed E-state index contributed by atoms with van der Waals surface area (Å²) in [6.45, 7) is 3.92. The van der Waals surface area contributed by atoms with Crippen molar-refractivity contribution in [1.82, 2.24) is 15.0 Å². The van der Waals surface area contributed by atoms with Crippen LogP contribution in [0.15, 0.2) is 47.4 Å². The Morgan fingerprint density at radius 1 is 1.20 bits per heavy atom. The largest absolute Gasteiger partial charge is 0.378 e. The molecule has 7 nitrogen and oxygen atoms in total. The molecule has 1 saturated heterocycles. The Morgan fingerprint density at radius 3 is 2.96 bits per heavy atom. The van der Waals surface area contributed by atoms with Gasteiger partial charge in [-0.25, -0.2) is 9.78 Å². The van der Waals surface area contributed by atoms with Gasteiger partial charge < -0.3 is 15.0 Å². The summed E-state index contributed by atoms with van der Waals surface area (Å²) in [5.41, 5.74) is 2.44. The standard InChI is InChI=1S/C18H19N5O2/c24-18-21-16-15(5-2-6-19-16)17(22-18)20-12-13-3-1-4-14(11-13)23-7-9-25-10-8-23/h1-6,11H,7-10,12H2,(H2,19,20,21,22,24). The van der Waals surface area contributed by atoms with E-state index < -0.39 is 5.69 Å². The molecule has 0 spiro atoms. The normalized spacial score (nSPS) is 14.6. The van der Waals surface area contributed by atoms with Gasteiger partial charge in [-0.05, 0) is 29.8 Å². The van der Waals surface area contributed by atoms with E-state index in [0.29, 0.717) is 18.0 Å². The quantitative estimate of drug-likeness (QED) is 0.755. The van der Waals surface area contributed by atoms with Gasteiger partial charge >= 0.3 is 5.69 Å². The van der Waals surface area contributed by atoms with Crippen molar-refractivity contribution in [3.8, 4) is 0 Å². The SMILES string of the molecule is O=c1nc(NCc2cccc(N3CCOCC3)c2)c2cccnc2[nH]1. The molecular weight excluding hydrogens is 318 g/mol. The predicted octanol–water partition coefficient (Wildman–Crippen LogP) is 1.77. The number of anilines is 2. The van der Waals surface area contributed by atoms with Crippen molar-refractivity contribution in [2.75, 3.05) is 36.5 Å². The van der Waals surface area contributed by atoms with Gasteiger partial charge in [-0.15, -0.1) is 0 Å². The fourth-order valence-corrected chi connectivity index (χ4v) is 2.99. The first-order valence-electron chi connectivity index (χ1n) is 8.30. The number of rotatable bonds is 4. The van der Waals surface area contributed by atoms with Crippen LogP contribution in [0.25, 0.3) is 11.0 Å². The number of aromatic nitrogens is 3. The zero-order valence-corrected chi connectivity index (χ0v) is 13.7. The summed E-state index contributed by atoms with van der Waals surface area (Å²) in [5.74, 6) is 0.545. The summed E-state index contributed by atoms with van der Waals surface area (Å²) in [4.78, 5) is 24.9. The van der Waals surface area contributed by atoms with Crippen molar-refractivity contribution in [2.24, 2.45) is 0 Å². The second-order valence-electron chi connectivity index (χ2n) is 5.91. The summed E-state index contributed by atoms with van der Waals surface area (Å²) in [6, 6.07) is 12.1. The molecule has 1 aliphatic heterocycles. The number of hydrogen-bond donors (Lipinski definition) is 2. The molecule has 0 amide bonds. The average molecular weight is 337 g/mol. The van der Waals surface area contributed by atoms with Gasteiger partial charge in [-0.3, -0.25) is 4.98 Å². The maximum absolute atomic E-state index is 11.7. The number of morpholine rings is 1. The third-order valence-corrected chi connectivity index (χ3v) is 4.25. The smallest absolute Gasteiger partial charge is 0.348 e. The number of nitrogens with one attached hydrogen (secondary N) is 2. The van der Waals surface area contributed by atoms with Crippen LogP contribution in [-0.2, 0) is 11.3 Å². The number of fused-ring (bicyclic) bond motifs is 1. The number of aromatic amines is 1. The fourth-order valence-electron chi connectivity index (χ4n) is 2.99. The first-order valence-corrected chi connectivity index (χ1v) is 8.30. The molecule has 25 heavy (non-hydrogen) atoms. The summed E-state index contributed by atoms with van der Waals surface area (Å²) in [7, 11) is 0. The molecule has 4 rings (SSSR count). The lowest BCUT2D eigenvalue weighted by atomic mass is 10.1. The van der Waals surface area contributed by atoms with Crippen molar-refractivity contribution in [3.05, 3.63) is 58.6 Å². The number of nitrogens with zero attached hydrogens (tertiary/aromatic N) is 3. The van der Waals surface area contributed by atoms with Crippen molar-refractivity contribution < 1.29 is 4.74 Å². The number of ether oxygens (including phenoxy) is 1. The number of benzene rings is 1. The Morgan fingerprint density at radius 2 is 2.08 bits per heavy atom. The van der Waals surface area contributed by atoms with E-state index in [0.717, 1.165) is 37.3 Å². The molecule has 7 heteroatoms. The van der Waals surface area contributed by atoms with E-state index in [2.05, 4.69) is 43.4 Å². The second kappa shape index (κ2) is 6.90. The van der Waals surface area contributed by atoms with Crippen molar-refractivity contribution >= 4 is 22.5 Å². The van der Waals surface area contributed by atoms with Gasteiger partial charge in [0, 0.05) is 31.5 Å². The highest BCUT2D eigenvalue weighted by atomic mass is 16.5. The van der Waals surface area contributed by atoms with Crippen LogP contribution in [0.4, 0.5) is 11.5 Å². The van der Waals surface area contributed by atoms with Crippen molar-refractivity contribution in [2.45, 2.75) is 6.54 Å². The maximum atomic E-state index is 11.7. The second-order valence-corrected chi connectivity index (χ2v) is 5.91. The van der Waals surface area contributed by atoms with Crippen LogP contribution in [0, 0.1) is 0 Å². The van der Waals surface area contributed by atoms with E-state index in [1.54, 1.807) is 6.20 Å². The van der Waals surface area contributed by atoms with E-state index in [1.165, 1.54) is 5.69 Å². The fraction of sp³-hybridized carbons (Fsp3) is 0.278. The predicted molar refractivity (Wildman–Crippen MR) is 97.0 cm³/mol. The lowest BCUT2D eigenvalue weighted by Gasteiger charge is -2.29. The van der Waals surface area contributed by atoms with E-state index in [-0.39, 0.29) is 0 Å². The Balaban J connectivity index is 1.55. The monoisotopic (exact) mass is 337 g/mol. The highest BCUT2D eigenvalue weighted by Crippen LogP contribution is 2.20. The number of H-pyrrole nitrogens is 1. The lowest BCUT2D eigenvalue weighted by Crippen LogP contribution is -2.36. The topological polar surface area (TPSA) is 83.1 Å². The van der Waals surface area contributed by atoms with Crippen LogP contribution >= 0.6 is 0 Å². The van der Waals surface area contributed by atoms with E-state index in [1.807, 2.05) is 18.2 Å². The Labute approximate surface area is 144 Å². The highest BCUT2D eigenvalue weighted by Gasteiger charge is 2.11. The third-order valence-electron chi connectivity index (χ3n) is 4.25. The van der Waals surface area contributed by atoms with Crippen LogP contribution in [0.1, 0.15) is 5.56 Å². The van der Waals surface area contributed by atoms with Crippen molar-refractivity contribution in [3.63, 3.8) is 0 Å². The number of hydrogen-bond acceptors (Lipinski definition) is 6. The molecule has 0 radical (unpaired) electrons. The molecule has 0 bridgehead atoms. The highest BCUT2D eigenvalue weighted by molar-refractivity contribution is 5.85. The summed E-state index contributed by atoms with van der Waals surface area (Å²) in [6.07, 6.45) is 1.65. The molecule has 1 aromatic carbocycles.